The van der Waals surface area contributed by atoms with Gasteiger partial charge in [-0.25, -0.2) is 0 Å². The third kappa shape index (κ3) is 4.99. The lowest BCUT2D eigenvalue weighted by Gasteiger charge is -2.12. The highest BCUT2D eigenvalue weighted by Crippen LogP contribution is 2.13. The van der Waals surface area contributed by atoms with Crippen molar-refractivity contribution in [2.75, 3.05) is 0 Å². The predicted molar refractivity (Wildman–Crippen MR) is 108 cm³/mol. The van der Waals surface area contributed by atoms with Crippen LogP contribution >= 0.6 is 0 Å². The van der Waals surface area contributed by atoms with Crippen molar-refractivity contribution in [3.8, 4) is 11.8 Å². The summed E-state index contributed by atoms with van der Waals surface area (Å²) in [5, 5.41) is 8.83. The molecule has 0 saturated heterocycles. The highest BCUT2D eigenvalue weighted by atomic mass is 16.5. The Hall–Kier alpha value is -4.04. The molecular formula is C23H19N3O2. The Morgan fingerprint density at radius 2 is 1.54 bits per heavy atom. The van der Waals surface area contributed by atoms with Crippen molar-refractivity contribution in [3.05, 3.63) is 108 Å². The molecule has 3 aromatic carbocycles. The number of nitrogens with zero attached hydrogens (tertiary/aromatic N) is 1. The van der Waals surface area contributed by atoms with E-state index in [1.807, 2.05) is 42.5 Å². The van der Waals surface area contributed by atoms with Gasteiger partial charge in [-0.05, 0) is 47.5 Å². The van der Waals surface area contributed by atoms with Gasteiger partial charge >= 0.3 is 0 Å². The molecule has 3 aromatic rings. The first-order valence-corrected chi connectivity index (χ1v) is 8.68. The van der Waals surface area contributed by atoms with E-state index < -0.39 is 0 Å². The molecule has 0 bridgehead atoms. The first-order chi connectivity index (χ1) is 13.7. The number of amides is 1. The number of hydrogen-bond acceptors (Lipinski definition) is 4. The van der Waals surface area contributed by atoms with Crippen LogP contribution in [0.15, 0.2) is 85.4 Å². The van der Waals surface area contributed by atoms with Crippen LogP contribution in [0.1, 0.15) is 27.0 Å². The summed E-state index contributed by atoms with van der Waals surface area (Å²) in [6, 6.07) is 25.7. The van der Waals surface area contributed by atoms with E-state index in [0.29, 0.717) is 23.4 Å². The molecule has 0 aromatic heterocycles. The molecular weight excluding hydrogens is 350 g/mol. The van der Waals surface area contributed by atoms with Gasteiger partial charge in [-0.15, -0.1) is 0 Å². The molecule has 0 aliphatic heterocycles. The Kier molecular flexibility index (Phi) is 6.06. The summed E-state index contributed by atoms with van der Waals surface area (Å²) in [5.41, 5.74) is 8.78. The monoisotopic (exact) mass is 369 g/mol. The van der Waals surface area contributed by atoms with Gasteiger partial charge in [-0.1, -0.05) is 49.0 Å². The number of carbonyl (C=O) groups is 1. The third-order valence-electron chi connectivity index (χ3n) is 4.05. The van der Waals surface area contributed by atoms with Crippen molar-refractivity contribution in [2.24, 2.45) is 0 Å². The summed E-state index contributed by atoms with van der Waals surface area (Å²) in [5.74, 6) is 0.528. The molecule has 2 N–H and O–H groups in total. The number of ether oxygens (including phenoxy) is 1. The first kappa shape index (κ1) is 18.7. The van der Waals surface area contributed by atoms with Crippen LogP contribution in [0.25, 0.3) is 5.70 Å². The van der Waals surface area contributed by atoms with E-state index in [-0.39, 0.29) is 5.91 Å². The molecule has 0 unspecified atom stereocenters. The number of hydrazine groups is 1. The number of benzene rings is 3. The van der Waals surface area contributed by atoms with Crippen LogP contribution in [0.2, 0.25) is 0 Å². The fourth-order valence-corrected chi connectivity index (χ4v) is 2.46. The molecule has 28 heavy (non-hydrogen) atoms. The van der Waals surface area contributed by atoms with Crippen LogP contribution in [-0.2, 0) is 6.61 Å². The summed E-state index contributed by atoms with van der Waals surface area (Å²) in [7, 11) is 0. The molecule has 3 rings (SSSR count). The number of nitrogens with one attached hydrogen (secondary N) is 2. The third-order valence-corrected chi connectivity index (χ3v) is 4.05. The largest absolute Gasteiger partial charge is 0.489 e. The zero-order valence-corrected chi connectivity index (χ0v) is 15.2. The minimum atomic E-state index is -0.273. The SMILES string of the molecule is C=C(NNC(=O)c1ccc(COc2ccccc2)cc1)c1ccc(C#N)cc1. The highest BCUT2D eigenvalue weighted by Gasteiger charge is 2.06. The van der Waals surface area contributed by atoms with Gasteiger partial charge in [-0.3, -0.25) is 15.6 Å². The van der Waals surface area contributed by atoms with Gasteiger partial charge < -0.3 is 4.74 Å². The van der Waals surface area contributed by atoms with Crippen LogP contribution in [0, 0.1) is 11.3 Å². The highest BCUT2D eigenvalue weighted by molar-refractivity contribution is 5.94. The molecule has 0 radical (unpaired) electrons. The molecule has 0 atom stereocenters. The van der Waals surface area contributed by atoms with Crippen LogP contribution in [0.5, 0.6) is 5.75 Å². The Morgan fingerprint density at radius 3 is 2.18 bits per heavy atom. The first-order valence-electron chi connectivity index (χ1n) is 8.68. The van der Waals surface area contributed by atoms with Crippen LogP contribution in [0.4, 0.5) is 0 Å². The average molecular weight is 369 g/mol. The Bertz CT molecular complexity index is 989. The lowest BCUT2D eigenvalue weighted by molar-refractivity contribution is 0.0942. The quantitative estimate of drug-likeness (QED) is 0.617. The van der Waals surface area contributed by atoms with Crippen LogP contribution in [0.3, 0.4) is 0 Å². The molecule has 5 heteroatoms. The summed E-state index contributed by atoms with van der Waals surface area (Å²) >= 11 is 0. The van der Waals surface area contributed by atoms with E-state index in [9.17, 15) is 4.79 Å². The Morgan fingerprint density at radius 1 is 0.893 bits per heavy atom. The van der Waals surface area contributed by atoms with Crippen molar-refractivity contribution in [1.82, 2.24) is 10.9 Å². The topological polar surface area (TPSA) is 74.2 Å². The van der Waals surface area contributed by atoms with Crippen LogP contribution < -0.4 is 15.6 Å². The molecule has 0 aliphatic rings. The second-order valence-corrected chi connectivity index (χ2v) is 6.05. The molecule has 0 heterocycles. The standard InChI is InChI=1S/C23H19N3O2/c1-17(20-11-7-18(15-24)8-12-20)25-26-23(27)21-13-9-19(10-14-21)16-28-22-5-3-2-4-6-22/h2-14,25H,1,16H2,(H,26,27). The number of carbonyl (C=O) groups excluding carboxylic acids is 1. The van der Waals surface area contributed by atoms with E-state index in [0.717, 1.165) is 16.9 Å². The lowest BCUT2D eigenvalue weighted by atomic mass is 10.1. The van der Waals surface area contributed by atoms with Gasteiger partial charge in [0.25, 0.3) is 5.91 Å². The smallest absolute Gasteiger partial charge is 0.269 e. The maximum absolute atomic E-state index is 12.3. The molecule has 138 valence electrons. The number of rotatable bonds is 7. The fraction of sp³-hybridized carbons (Fsp3) is 0.0435. The summed E-state index contributed by atoms with van der Waals surface area (Å²) < 4.78 is 5.69. The lowest BCUT2D eigenvalue weighted by Crippen LogP contribution is -2.35. The minimum absolute atomic E-state index is 0.273. The minimum Gasteiger partial charge on any atom is -0.489 e. The zero-order chi connectivity index (χ0) is 19.8. The summed E-state index contributed by atoms with van der Waals surface area (Å²) in [6.45, 7) is 4.32. The maximum atomic E-state index is 12.3. The predicted octanol–water partition coefficient (Wildman–Crippen LogP) is 4.04. The molecule has 0 aliphatic carbocycles. The summed E-state index contributed by atoms with van der Waals surface area (Å²) in [6.07, 6.45) is 0. The van der Waals surface area contributed by atoms with Gasteiger partial charge in [0.2, 0.25) is 0 Å². The second kappa shape index (κ2) is 9.06. The normalized spacial score (nSPS) is 9.82. The van der Waals surface area contributed by atoms with Gasteiger partial charge in [0.1, 0.15) is 12.4 Å². The van der Waals surface area contributed by atoms with Crippen LogP contribution in [-0.4, -0.2) is 5.91 Å². The van der Waals surface area contributed by atoms with Gasteiger partial charge in [-0.2, -0.15) is 5.26 Å². The van der Waals surface area contributed by atoms with Crippen molar-refractivity contribution in [2.45, 2.75) is 6.61 Å². The van der Waals surface area contributed by atoms with Crippen molar-refractivity contribution in [1.29, 1.82) is 5.26 Å². The number of para-hydroxylation sites is 1. The molecule has 0 fully saturated rings. The van der Waals surface area contributed by atoms with Crippen molar-refractivity contribution in [3.63, 3.8) is 0 Å². The number of hydrogen-bond donors (Lipinski definition) is 2. The Labute approximate surface area is 163 Å². The van der Waals surface area contributed by atoms with E-state index in [2.05, 4.69) is 23.5 Å². The fourth-order valence-electron chi connectivity index (χ4n) is 2.46. The van der Waals surface area contributed by atoms with Crippen molar-refractivity contribution >= 4 is 11.6 Å². The van der Waals surface area contributed by atoms with Gasteiger partial charge in [0.05, 0.1) is 17.3 Å². The van der Waals surface area contributed by atoms with Gasteiger partial charge in [0.15, 0.2) is 0 Å². The average Bonchev–Trinajstić information content (AvgIpc) is 2.77. The maximum Gasteiger partial charge on any atom is 0.269 e. The van der Waals surface area contributed by atoms with Gasteiger partial charge in [0, 0.05) is 5.56 Å². The summed E-state index contributed by atoms with van der Waals surface area (Å²) in [4.78, 5) is 12.3. The molecule has 0 saturated carbocycles. The molecule has 0 spiro atoms. The number of nitriles is 1. The van der Waals surface area contributed by atoms with Crippen molar-refractivity contribution < 1.29 is 9.53 Å². The molecule has 5 nitrogen and oxygen atoms in total. The van der Waals surface area contributed by atoms with E-state index in [1.54, 1.807) is 36.4 Å². The Balaban J connectivity index is 1.51. The van der Waals surface area contributed by atoms with E-state index in [4.69, 9.17) is 10.00 Å². The zero-order valence-electron chi connectivity index (χ0n) is 15.2. The second-order valence-electron chi connectivity index (χ2n) is 6.05. The van der Waals surface area contributed by atoms with E-state index >= 15 is 0 Å². The van der Waals surface area contributed by atoms with E-state index in [1.165, 1.54) is 0 Å². The molecule has 1 amide bonds.